The first-order valence-electron chi connectivity index (χ1n) is 14.7. The zero-order chi connectivity index (χ0) is 30.4. The normalized spacial score (nSPS) is 12.6. The Morgan fingerprint density at radius 1 is 0.878 bits per heavy atom. The van der Waals surface area contributed by atoms with E-state index >= 15 is 0 Å². The molecule has 0 spiro atoms. The number of aliphatic hydroxyl groups excluding tert-OH is 2. The van der Waals surface area contributed by atoms with Crippen LogP contribution in [0.25, 0.3) is 11.1 Å². The number of rotatable bonds is 18. The molecule has 2 N–H and O–H groups in total. The number of aliphatic hydroxyl groups is 2. The van der Waals surface area contributed by atoms with Crippen LogP contribution < -0.4 is 0 Å². The summed E-state index contributed by atoms with van der Waals surface area (Å²) in [4.78, 5) is 25.2. The van der Waals surface area contributed by atoms with Gasteiger partial charge < -0.3 is 19.7 Å². The third-order valence-electron chi connectivity index (χ3n) is 7.60. The second-order valence-corrected chi connectivity index (χ2v) is 11.2. The van der Waals surface area contributed by atoms with Crippen LogP contribution in [0.3, 0.4) is 0 Å². The molecule has 6 heteroatoms. The van der Waals surface area contributed by atoms with Crippen molar-refractivity contribution in [3.8, 4) is 11.1 Å². The molecular formula is C35H48O6. The van der Waals surface area contributed by atoms with E-state index in [2.05, 4.69) is 57.3 Å². The smallest absolute Gasteiger partial charge is 0.333 e. The Labute approximate surface area is 246 Å². The fraction of sp³-hybridized carbons (Fsp3) is 0.486. The summed E-state index contributed by atoms with van der Waals surface area (Å²) >= 11 is 0. The molecular weight excluding hydrogens is 516 g/mol. The van der Waals surface area contributed by atoms with Crippen LogP contribution in [0.5, 0.6) is 0 Å². The third-order valence-corrected chi connectivity index (χ3v) is 7.60. The Bertz CT molecular complexity index is 1160. The van der Waals surface area contributed by atoms with Crippen LogP contribution >= 0.6 is 0 Å². The number of esters is 2. The number of aryl methyl sites for hydroxylation is 2. The van der Waals surface area contributed by atoms with Gasteiger partial charge in [0.15, 0.2) is 0 Å². The van der Waals surface area contributed by atoms with E-state index in [9.17, 15) is 19.8 Å². The van der Waals surface area contributed by atoms with Gasteiger partial charge in [-0.05, 0) is 67.3 Å². The van der Waals surface area contributed by atoms with E-state index in [0.717, 1.165) is 29.5 Å². The van der Waals surface area contributed by atoms with E-state index in [1.807, 2.05) is 19.1 Å². The lowest BCUT2D eigenvalue weighted by Gasteiger charge is -2.33. The summed E-state index contributed by atoms with van der Waals surface area (Å²) in [6.07, 6.45) is 6.23. The van der Waals surface area contributed by atoms with Crippen molar-refractivity contribution in [2.75, 3.05) is 26.4 Å². The molecule has 0 bridgehead atoms. The molecule has 0 heterocycles. The quantitative estimate of drug-likeness (QED) is 0.120. The van der Waals surface area contributed by atoms with E-state index in [1.165, 1.54) is 30.4 Å². The van der Waals surface area contributed by atoms with Gasteiger partial charge in [-0.15, -0.1) is 0 Å². The molecule has 0 aliphatic heterocycles. The van der Waals surface area contributed by atoms with Gasteiger partial charge in [-0.25, -0.2) is 9.59 Å². The van der Waals surface area contributed by atoms with Crippen molar-refractivity contribution in [3.63, 3.8) is 0 Å². The van der Waals surface area contributed by atoms with Crippen LogP contribution in [0.15, 0.2) is 66.8 Å². The first kappa shape index (κ1) is 34.0. The van der Waals surface area contributed by atoms with Gasteiger partial charge >= 0.3 is 11.9 Å². The number of benzene rings is 2. The monoisotopic (exact) mass is 564 g/mol. The number of ether oxygens (including phenoxy) is 2. The van der Waals surface area contributed by atoms with Crippen molar-refractivity contribution in [2.24, 2.45) is 5.92 Å². The number of hydrogen-bond donors (Lipinski definition) is 2. The van der Waals surface area contributed by atoms with E-state index < -0.39 is 23.3 Å². The Morgan fingerprint density at radius 2 is 1.49 bits per heavy atom. The largest absolute Gasteiger partial charge is 0.461 e. The minimum atomic E-state index is -0.777. The molecule has 224 valence electrons. The molecule has 41 heavy (non-hydrogen) atoms. The average molecular weight is 565 g/mol. The standard InChI is InChI=1S/C35H48O6/c1-7-9-10-11-29-12-13-31(20-26(29)5)30-14-16-32(17-15-30)35(18-8-2,23-40-33(38)25(3)4)24-41-34(39)27(6)19-28(21-36)22-37/h12-17,20,28,36-37H,3,6-11,18-19,21-24H2,1-2,4-5H3. The lowest BCUT2D eigenvalue weighted by molar-refractivity contribution is -0.146. The Kier molecular flexibility index (Phi) is 14.0. The average Bonchev–Trinajstić information content (AvgIpc) is 2.97. The SMILES string of the molecule is C=C(C)C(=O)OCC(CCC)(COC(=O)C(=C)CC(CO)CO)c1ccc(-c2ccc(CCCCC)c(C)c2)cc1. The maximum Gasteiger partial charge on any atom is 0.333 e. The number of unbranched alkanes of at least 4 members (excludes halogenated alkanes) is 2. The molecule has 0 amide bonds. The molecule has 2 aromatic carbocycles. The van der Waals surface area contributed by atoms with Crippen LogP contribution in [-0.4, -0.2) is 48.6 Å². The molecule has 1 atom stereocenters. The number of carbonyl (C=O) groups is 2. The summed E-state index contributed by atoms with van der Waals surface area (Å²) < 4.78 is 11.4. The summed E-state index contributed by atoms with van der Waals surface area (Å²) in [6.45, 7) is 15.0. The summed E-state index contributed by atoms with van der Waals surface area (Å²) in [7, 11) is 0. The van der Waals surface area contributed by atoms with Gasteiger partial charge in [0, 0.05) is 30.3 Å². The van der Waals surface area contributed by atoms with Crippen LogP contribution in [0.1, 0.15) is 76.0 Å². The predicted molar refractivity (Wildman–Crippen MR) is 165 cm³/mol. The highest BCUT2D eigenvalue weighted by Crippen LogP contribution is 2.34. The van der Waals surface area contributed by atoms with Crippen molar-refractivity contribution in [2.45, 2.75) is 78.1 Å². The Balaban J connectivity index is 2.34. The summed E-state index contributed by atoms with van der Waals surface area (Å²) in [5, 5.41) is 18.7. The van der Waals surface area contributed by atoms with Gasteiger partial charge in [0.2, 0.25) is 0 Å². The fourth-order valence-corrected chi connectivity index (χ4v) is 4.96. The maximum absolute atomic E-state index is 12.8. The van der Waals surface area contributed by atoms with Crippen molar-refractivity contribution in [3.05, 3.63) is 83.5 Å². The second kappa shape index (κ2) is 16.9. The van der Waals surface area contributed by atoms with E-state index in [-0.39, 0.29) is 38.4 Å². The highest BCUT2D eigenvalue weighted by molar-refractivity contribution is 5.88. The molecule has 0 aromatic heterocycles. The van der Waals surface area contributed by atoms with Crippen molar-refractivity contribution in [1.82, 2.24) is 0 Å². The molecule has 0 aliphatic carbocycles. The highest BCUT2D eigenvalue weighted by Gasteiger charge is 2.35. The zero-order valence-electron chi connectivity index (χ0n) is 25.3. The van der Waals surface area contributed by atoms with Crippen molar-refractivity contribution in [1.29, 1.82) is 0 Å². The zero-order valence-corrected chi connectivity index (χ0v) is 25.3. The summed E-state index contributed by atoms with van der Waals surface area (Å²) in [6, 6.07) is 14.7. The van der Waals surface area contributed by atoms with Crippen molar-refractivity contribution < 1.29 is 29.3 Å². The van der Waals surface area contributed by atoms with E-state index in [0.29, 0.717) is 12.0 Å². The maximum atomic E-state index is 12.8. The molecule has 0 radical (unpaired) electrons. The van der Waals surface area contributed by atoms with Crippen LogP contribution in [-0.2, 0) is 30.9 Å². The van der Waals surface area contributed by atoms with E-state index in [4.69, 9.17) is 9.47 Å². The first-order chi connectivity index (χ1) is 19.6. The number of hydrogen-bond acceptors (Lipinski definition) is 6. The first-order valence-corrected chi connectivity index (χ1v) is 14.7. The highest BCUT2D eigenvalue weighted by atomic mass is 16.5. The van der Waals surface area contributed by atoms with Gasteiger partial charge in [0.25, 0.3) is 0 Å². The van der Waals surface area contributed by atoms with Gasteiger partial charge in [0.1, 0.15) is 13.2 Å². The van der Waals surface area contributed by atoms with Gasteiger partial charge in [-0.3, -0.25) is 0 Å². The number of carbonyl (C=O) groups excluding carboxylic acids is 2. The fourth-order valence-electron chi connectivity index (χ4n) is 4.96. The van der Waals surface area contributed by atoms with Gasteiger partial charge in [-0.1, -0.05) is 88.7 Å². The van der Waals surface area contributed by atoms with Gasteiger partial charge in [0.05, 0.1) is 5.41 Å². The second-order valence-electron chi connectivity index (χ2n) is 11.2. The van der Waals surface area contributed by atoms with Crippen LogP contribution in [0.4, 0.5) is 0 Å². The van der Waals surface area contributed by atoms with Crippen LogP contribution in [0.2, 0.25) is 0 Å². The molecule has 0 fully saturated rings. The molecule has 1 unspecified atom stereocenters. The molecule has 0 saturated heterocycles. The molecule has 2 rings (SSSR count). The molecule has 2 aromatic rings. The lowest BCUT2D eigenvalue weighted by atomic mass is 9.77. The van der Waals surface area contributed by atoms with Crippen LogP contribution in [0, 0.1) is 12.8 Å². The van der Waals surface area contributed by atoms with Crippen molar-refractivity contribution >= 4 is 11.9 Å². The summed E-state index contributed by atoms with van der Waals surface area (Å²) in [5.74, 6) is -1.58. The molecule has 0 aliphatic rings. The lowest BCUT2D eigenvalue weighted by Crippen LogP contribution is -2.39. The molecule has 0 saturated carbocycles. The summed E-state index contributed by atoms with van der Waals surface area (Å²) in [5.41, 5.74) is 5.46. The minimum Gasteiger partial charge on any atom is -0.461 e. The Hall–Kier alpha value is -3.22. The minimum absolute atomic E-state index is 0.0179. The topological polar surface area (TPSA) is 93.1 Å². The predicted octanol–water partition coefficient (Wildman–Crippen LogP) is 6.64. The van der Waals surface area contributed by atoms with Gasteiger partial charge in [-0.2, -0.15) is 0 Å². The van der Waals surface area contributed by atoms with E-state index in [1.54, 1.807) is 6.92 Å². The third kappa shape index (κ3) is 9.98. The molecule has 6 nitrogen and oxygen atoms in total. The Morgan fingerprint density at radius 3 is 2.02 bits per heavy atom.